The SMILES string of the molecule is CCCCC/C=C/C/C=C/C/C=C/C/C=C/C/C=C/CCC(=O)O[C@H](COC(=O)CCCCCCC/C=C/CCCCCCC)COP(=O)(O)OCC[N+](C)(C)C. The van der Waals surface area contributed by atoms with E-state index in [0.29, 0.717) is 23.9 Å². The first-order valence-corrected chi connectivity index (χ1v) is 23.7. The Balaban J connectivity index is 4.52. The van der Waals surface area contributed by atoms with Crippen LogP contribution in [0.3, 0.4) is 0 Å². The maximum Gasteiger partial charge on any atom is 0.472 e. The van der Waals surface area contributed by atoms with Gasteiger partial charge >= 0.3 is 19.8 Å². The van der Waals surface area contributed by atoms with Gasteiger partial charge in [0, 0.05) is 12.8 Å². The molecule has 0 spiro atoms. The standard InChI is InChI=1S/C47H82NO8P/c1-6-8-10-12-14-16-18-20-22-23-24-25-26-28-30-32-34-36-38-40-47(50)56-45(44-55-57(51,52)54-42-41-48(3,4)5)43-53-46(49)39-37-35-33-31-29-27-21-19-17-15-13-11-9-7-2/h14,16,19-22,24-25,28,30,34,36,45H,6-13,15,17-18,23,26-27,29,31-33,35,37-44H2,1-5H3/p+1/b16-14+,21-19+,22-20+,25-24+,30-28+,36-34+/t45-/m1/s1. The summed E-state index contributed by atoms with van der Waals surface area (Å²) >= 11 is 0. The maximum absolute atomic E-state index is 12.7. The lowest BCUT2D eigenvalue weighted by atomic mass is 10.1. The van der Waals surface area contributed by atoms with E-state index < -0.39 is 32.5 Å². The molecule has 0 aromatic carbocycles. The van der Waals surface area contributed by atoms with E-state index >= 15 is 0 Å². The summed E-state index contributed by atoms with van der Waals surface area (Å²) in [4.78, 5) is 35.3. The van der Waals surface area contributed by atoms with Crippen LogP contribution in [0.25, 0.3) is 0 Å². The van der Waals surface area contributed by atoms with Crippen molar-refractivity contribution in [2.75, 3.05) is 47.5 Å². The number of phosphoric acid groups is 1. The smallest absolute Gasteiger partial charge is 0.462 e. The number of carbonyl (C=O) groups excluding carboxylic acids is 2. The lowest BCUT2D eigenvalue weighted by Crippen LogP contribution is -2.37. The van der Waals surface area contributed by atoms with E-state index in [2.05, 4.69) is 74.6 Å². The summed E-state index contributed by atoms with van der Waals surface area (Å²) in [6.45, 7) is 4.27. The van der Waals surface area contributed by atoms with Gasteiger partial charge in [0.2, 0.25) is 0 Å². The number of esters is 2. The minimum atomic E-state index is -4.40. The van der Waals surface area contributed by atoms with Gasteiger partial charge in [0.05, 0.1) is 27.7 Å². The first-order chi connectivity index (χ1) is 27.5. The summed E-state index contributed by atoms with van der Waals surface area (Å²) in [5.41, 5.74) is 0. The topological polar surface area (TPSA) is 108 Å². The zero-order valence-corrected chi connectivity index (χ0v) is 37.7. The van der Waals surface area contributed by atoms with Crippen molar-refractivity contribution in [3.05, 3.63) is 72.9 Å². The molecule has 0 aliphatic carbocycles. The monoisotopic (exact) mass is 821 g/mol. The number of rotatable bonds is 39. The van der Waals surface area contributed by atoms with Crippen LogP contribution in [0.4, 0.5) is 0 Å². The number of likely N-dealkylation sites (N-methyl/N-ethyl adjacent to an activating group) is 1. The molecule has 1 N–H and O–H groups in total. The zero-order valence-electron chi connectivity index (χ0n) is 36.8. The second-order valence-electron chi connectivity index (χ2n) is 15.7. The van der Waals surface area contributed by atoms with Gasteiger partial charge in [0.25, 0.3) is 0 Å². The van der Waals surface area contributed by atoms with Crippen molar-refractivity contribution in [1.82, 2.24) is 0 Å². The molecule has 0 aliphatic heterocycles. The Bertz CT molecular complexity index is 1200. The van der Waals surface area contributed by atoms with Gasteiger partial charge in [-0.15, -0.1) is 0 Å². The minimum Gasteiger partial charge on any atom is -0.462 e. The number of phosphoric ester groups is 1. The quantitative estimate of drug-likeness (QED) is 0.0215. The maximum atomic E-state index is 12.7. The molecular formula is C47H83NO8P+. The minimum absolute atomic E-state index is 0.0139. The van der Waals surface area contributed by atoms with Crippen LogP contribution in [0.15, 0.2) is 72.9 Å². The van der Waals surface area contributed by atoms with Crippen LogP contribution in [0.1, 0.15) is 162 Å². The van der Waals surface area contributed by atoms with Gasteiger partial charge in [-0.25, -0.2) is 4.57 Å². The fourth-order valence-corrected chi connectivity index (χ4v) is 6.20. The summed E-state index contributed by atoms with van der Waals surface area (Å²) in [6.07, 6.45) is 48.2. The van der Waals surface area contributed by atoms with E-state index in [4.69, 9.17) is 18.5 Å². The molecule has 0 heterocycles. The van der Waals surface area contributed by atoms with Gasteiger partial charge in [-0.2, -0.15) is 0 Å². The summed E-state index contributed by atoms with van der Waals surface area (Å²) in [7, 11) is 1.42. The highest BCUT2D eigenvalue weighted by Crippen LogP contribution is 2.43. The molecule has 0 saturated carbocycles. The number of hydrogen-bond donors (Lipinski definition) is 1. The molecule has 0 rings (SSSR count). The van der Waals surface area contributed by atoms with Crippen molar-refractivity contribution >= 4 is 19.8 Å². The van der Waals surface area contributed by atoms with E-state index in [-0.39, 0.29) is 26.1 Å². The van der Waals surface area contributed by atoms with Gasteiger partial charge in [-0.1, -0.05) is 145 Å². The molecule has 0 aliphatic rings. The molecule has 10 heteroatoms. The Morgan fingerprint density at radius 3 is 1.53 bits per heavy atom. The number of nitrogens with zero attached hydrogens (tertiary/aromatic N) is 1. The van der Waals surface area contributed by atoms with E-state index in [1.807, 2.05) is 33.3 Å². The first-order valence-electron chi connectivity index (χ1n) is 22.2. The Morgan fingerprint density at radius 2 is 0.982 bits per heavy atom. The fourth-order valence-electron chi connectivity index (χ4n) is 5.46. The first kappa shape index (κ1) is 54.5. The van der Waals surface area contributed by atoms with E-state index in [1.54, 1.807) is 0 Å². The molecule has 0 bridgehead atoms. The van der Waals surface area contributed by atoms with E-state index in [0.717, 1.165) is 57.8 Å². The average molecular weight is 821 g/mol. The van der Waals surface area contributed by atoms with Gasteiger partial charge in [-0.3, -0.25) is 18.6 Å². The third kappa shape index (κ3) is 42.9. The third-order valence-electron chi connectivity index (χ3n) is 8.97. The van der Waals surface area contributed by atoms with Crippen LogP contribution >= 0.6 is 7.82 Å². The summed E-state index contributed by atoms with van der Waals surface area (Å²) < 4.78 is 34.2. The van der Waals surface area contributed by atoms with Crippen LogP contribution in [-0.4, -0.2) is 74.9 Å². The normalized spacial score (nSPS) is 14.3. The molecular weight excluding hydrogens is 737 g/mol. The predicted octanol–water partition coefficient (Wildman–Crippen LogP) is 12.6. The largest absolute Gasteiger partial charge is 0.472 e. The molecule has 0 fully saturated rings. The molecule has 0 aromatic rings. The second kappa shape index (κ2) is 38.9. The van der Waals surface area contributed by atoms with Crippen molar-refractivity contribution in [1.29, 1.82) is 0 Å². The molecule has 328 valence electrons. The molecule has 9 nitrogen and oxygen atoms in total. The molecule has 2 atom stereocenters. The Labute approximate surface area is 348 Å². The lowest BCUT2D eigenvalue weighted by molar-refractivity contribution is -0.870. The van der Waals surface area contributed by atoms with E-state index in [9.17, 15) is 19.0 Å². The Kier molecular flexibility index (Phi) is 37.2. The van der Waals surface area contributed by atoms with Crippen molar-refractivity contribution in [2.45, 2.75) is 168 Å². The van der Waals surface area contributed by atoms with Crippen molar-refractivity contribution in [3.63, 3.8) is 0 Å². The highest BCUT2D eigenvalue weighted by Gasteiger charge is 2.27. The Morgan fingerprint density at radius 1 is 0.544 bits per heavy atom. The van der Waals surface area contributed by atoms with Crippen molar-refractivity contribution in [2.24, 2.45) is 0 Å². The second-order valence-corrected chi connectivity index (χ2v) is 17.2. The predicted molar refractivity (Wildman–Crippen MR) is 238 cm³/mol. The van der Waals surface area contributed by atoms with Crippen molar-refractivity contribution in [3.8, 4) is 0 Å². The molecule has 0 aromatic heterocycles. The van der Waals surface area contributed by atoms with Gasteiger partial charge < -0.3 is 18.9 Å². The fraction of sp³-hybridized carbons (Fsp3) is 0.702. The highest BCUT2D eigenvalue weighted by molar-refractivity contribution is 7.47. The van der Waals surface area contributed by atoms with Crippen LogP contribution < -0.4 is 0 Å². The van der Waals surface area contributed by atoms with Crippen LogP contribution in [0.2, 0.25) is 0 Å². The Hall–Kier alpha value is -2.55. The summed E-state index contributed by atoms with van der Waals surface area (Å²) in [5, 5.41) is 0. The highest BCUT2D eigenvalue weighted by atomic mass is 31.2. The number of quaternary nitrogens is 1. The molecule has 57 heavy (non-hydrogen) atoms. The van der Waals surface area contributed by atoms with E-state index in [1.165, 1.54) is 64.2 Å². The van der Waals surface area contributed by atoms with Gasteiger partial charge in [-0.05, 0) is 77.0 Å². The van der Waals surface area contributed by atoms with Crippen LogP contribution in [-0.2, 0) is 32.7 Å². The summed E-state index contributed by atoms with van der Waals surface area (Å²) in [6, 6.07) is 0. The van der Waals surface area contributed by atoms with Crippen molar-refractivity contribution < 1.29 is 42.1 Å². The van der Waals surface area contributed by atoms with Gasteiger partial charge in [0.15, 0.2) is 6.10 Å². The number of allylic oxidation sites excluding steroid dienone is 12. The number of unbranched alkanes of at least 4 members (excludes halogenated alkanes) is 13. The molecule has 1 unspecified atom stereocenters. The number of carbonyl (C=O) groups is 2. The molecule has 0 amide bonds. The number of ether oxygens (including phenoxy) is 2. The summed E-state index contributed by atoms with van der Waals surface area (Å²) in [5.74, 6) is -0.911. The van der Waals surface area contributed by atoms with Crippen LogP contribution in [0, 0.1) is 0 Å². The lowest BCUT2D eigenvalue weighted by Gasteiger charge is -2.24. The average Bonchev–Trinajstić information content (AvgIpc) is 3.16. The molecule has 0 saturated heterocycles. The molecule has 0 radical (unpaired) electrons. The van der Waals surface area contributed by atoms with Gasteiger partial charge in [0.1, 0.15) is 19.8 Å². The zero-order chi connectivity index (χ0) is 42.1. The third-order valence-corrected chi connectivity index (χ3v) is 9.96. The van der Waals surface area contributed by atoms with Crippen LogP contribution in [0.5, 0.6) is 0 Å². The number of hydrogen-bond acceptors (Lipinski definition) is 7.